The Hall–Kier alpha value is -2.68. The van der Waals surface area contributed by atoms with Crippen molar-refractivity contribution >= 4 is 17.8 Å². The Labute approximate surface area is 161 Å². The van der Waals surface area contributed by atoms with E-state index in [2.05, 4.69) is 26.0 Å². The van der Waals surface area contributed by atoms with Gasteiger partial charge in [-0.2, -0.15) is 0 Å². The molecule has 1 aliphatic rings. The first kappa shape index (κ1) is 19.1. The molecule has 140 valence electrons. The Bertz CT molecular complexity index is 873. The van der Waals surface area contributed by atoms with Gasteiger partial charge in [-0.15, -0.1) is 0 Å². The van der Waals surface area contributed by atoms with Crippen LogP contribution in [0.1, 0.15) is 71.0 Å². The summed E-state index contributed by atoms with van der Waals surface area (Å²) in [4.78, 5) is 24.3. The van der Waals surface area contributed by atoms with Crippen LogP contribution in [-0.4, -0.2) is 18.4 Å². The van der Waals surface area contributed by atoms with Crippen LogP contribution in [0.25, 0.3) is 6.08 Å². The topological polar surface area (TPSA) is 43.4 Å². The van der Waals surface area contributed by atoms with Crippen LogP contribution in [0, 0.1) is 0 Å². The van der Waals surface area contributed by atoms with Crippen molar-refractivity contribution < 1.29 is 14.3 Å². The number of aryl methyl sites for hydroxylation is 1. The minimum atomic E-state index is -0.333. The molecule has 3 rings (SSSR count). The number of carbonyl (C=O) groups is 2. The van der Waals surface area contributed by atoms with Crippen LogP contribution in [-0.2, 0) is 16.6 Å². The van der Waals surface area contributed by atoms with E-state index in [4.69, 9.17) is 4.74 Å². The van der Waals surface area contributed by atoms with Crippen molar-refractivity contribution in [1.82, 2.24) is 0 Å². The van der Waals surface area contributed by atoms with E-state index in [1.54, 1.807) is 31.2 Å². The lowest BCUT2D eigenvalue weighted by Gasteiger charge is -2.32. The fourth-order valence-corrected chi connectivity index (χ4v) is 3.65. The standard InChI is InChI=1S/C24H26O3/c1-4-27-23(26)19-10-7-17(8-11-19)9-14-22(25)20-13-12-18-6-5-15-24(2,3)21(18)16-20/h7-14,16H,4-6,15H2,1-3H3/b14-9+. The number of allylic oxidation sites excluding steroid dienone is 1. The number of hydrogen-bond acceptors (Lipinski definition) is 3. The first-order valence-electron chi connectivity index (χ1n) is 9.54. The quantitative estimate of drug-likeness (QED) is 0.408. The van der Waals surface area contributed by atoms with Gasteiger partial charge in [-0.1, -0.05) is 44.2 Å². The van der Waals surface area contributed by atoms with Gasteiger partial charge in [-0.25, -0.2) is 4.79 Å². The summed E-state index contributed by atoms with van der Waals surface area (Å²) < 4.78 is 4.97. The van der Waals surface area contributed by atoms with Gasteiger partial charge < -0.3 is 4.74 Å². The predicted molar refractivity (Wildman–Crippen MR) is 108 cm³/mol. The summed E-state index contributed by atoms with van der Waals surface area (Å²) in [7, 11) is 0. The van der Waals surface area contributed by atoms with Crippen molar-refractivity contribution in [3.8, 4) is 0 Å². The number of hydrogen-bond donors (Lipinski definition) is 0. The van der Waals surface area contributed by atoms with Crippen LogP contribution < -0.4 is 0 Å². The molecule has 2 aromatic rings. The molecule has 2 aromatic carbocycles. The van der Waals surface area contributed by atoms with Crippen molar-refractivity contribution in [3.05, 3.63) is 76.4 Å². The van der Waals surface area contributed by atoms with Gasteiger partial charge in [0.05, 0.1) is 12.2 Å². The van der Waals surface area contributed by atoms with E-state index in [9.17, 15) is 9.59 Å². The molecule has 0 aromatic heterocycles. The molecule has 0 saturated heterocycles. The average Bonchev–Trinajstić information content (AvgIpc) is 2.66. The number of esters is 1. The molecule has 3 nitrogen and oxygen atoms in total. The van der Waals surface area contributed by atoms with Crippen LogP contribution >= 0.6 is 0 Å². The molecular weight excluding hydrogens is 336 g/mol. The molecule has 0 saturated carbocycles. The van der Waals surface area contributed by atoms with Crippen molar-refractivity contribution in [2.75, 3.05) is 6.61 Å². The lowest BCUT2D eigenvalue weighted by Crippen LogP contribution is -2.24. The van der Waals surface area contributed by atoms with Gasteiger partial charge in [-0.3, -0.25) is 4.79 Å². The van der Waals surface area contributed by atoms with E-state index in [-0.39, 0.29) is 17.2 Å². The monoisotopic (exact) mass is 362 g/mol. The zero-order valence-electron chi connectivity index (χ0n) is 16.2. The highest BCUT2D eigenvalue weighted by atomic mass is 16.5. The van der Waals surface area contributed by atoms with Crippen molar-refractivity contribution in [2.45, 2.75) is 45.4 Å². The molecule has 3 heteroatoms. The van der Waals surface area contributed by atoms with Crippen LogP contribution in [0.15, 0.2) is 48.5 Å². The fourth-order valence-electron chi connectivity index (χ4n) is 3.65. The maximum absolute atomic E-state index is 12.6. The Morgan fingerprint density at radius 3 is 2.48 bits per heavy atom. The summed E-state index contributed by atoms with van der Waals surface area (Å²) in [6, 6.07) is 13.1. The Morgan fingerprint density at radius 2 is 1.78 bits per heavy atom. The molecule has 0 unspecified atom stereocenters. The zero-order chi connectivity index (χ0) is 19.4. The normalized spacial score (nSPS) is 15.4. The third-order valence-corrected chi connectivity index (χ3v) is 5.22. The maximum atomic E-state index is 12.6. The van der Waals surface area contributed by atoms with Crippen LogP contribution in [0.5, 0.6) is 0 Å². The maximum Gasteiger partial charge on any atom is 0.338 e. The van der Waals surface area contributed by atoms with E-state index in [0.29, 0.717) is 12.2 Å². The average molecular weight is 362 g/mol. The molecule has 1 aliphatic carbocycles. The molecule has 0 amide bonds. The van der Waals surface area contributed by atoms with Gasteiger partial charge in [0.15, 0.2) is 5.78 Å². The fraction of sp³-hybridized carbons (Fsp3) is 0.333. The van der Waals surface area contributed by atoms with Crippen LogP contribution in [0.3, 0.4) is 0 Å². The van der Waals surface area contributed by atoms with Crippen molar-refractivity contribution in [2.24, 2.45) is 0 Å². The van der Waals surface area contributed by atoms with Gasteiger partial charge >= 0.3 is 5.97 Å². The highest BCUT2D eigenvalue weighted by Gasteiger charge is 2.27. The second kappa shape index (κ2) is 7.91. The van der Waals surface area contributed by atoms with Crippen LogP contribution in [0.4, 0.5) is 0 Å². The summed E-state index contributed by atoms with van der Waals surface area (Å²) in [6.07, 6.45) is 6.82. The zero-order valence-corrected chi connectivity index (χ0v) is 16.2. The third-order valence-electron chi connectivity index (χ3n) is 5.22. The molecular formula is C24H26O3. The predicted octanol–water partition coefficient (Wildman–Crippen LogP) is 5.37. The highest BCUT2D eigenvalue weighted by Crippen LogP contribution is 2.37. The minimum absolute atomic E-state index is 0.00589. The van der Waals surface area contributed by atoms with E-state index < -0.39 is 0 Å². The summed E-state index contributed by atoms with van der Waals surface area (Å²) in [5.41, 5.74) is 4.89. The molecule has 0 bridgehead atoms. The summed E-state index contributed by atoms with van der Waals surface area (Å²) >= 11 is 0. The van der Waals surface area contributed by atoms with E-state index in [1.165, 1.54) is 17.5 Å². The summed E-state index contributed by atoms with van der Waals surface area (Å²) in [5.74, 6) is -0.338. The second-order valence-electron chi connectivity index (χ2n) is 7.65. The van der Waals surface area contributed by atoms with Crippen LogP contribution in [0.2, 0.25) is 0 Å². The van der Waals surface area contributed by atoms with Gasteiger partial charge in [0, 0.05) is 5.56 Å². The molecule has 0 fully saturated rings. The first-order chi connectivity index (χ1) is 12.9. The summed E-state index contributed by atoms with van der Waals surface area (Å²) in [6.45, 7) is 6.63. The van der Waals surface area contributed by atoms with Crippen molar-refractivity contribution in [1.29, 1.82) is 0 Å². The molecule has 0 heterocycles. The van der Waals surface area contributed by atoms with E-state index >= 15 is 0 Å². The smallest absolute Gasteiger partial charge is 0.338 e. The minimum Gasteiger partial charge on any atom is -0.462 e. The number of ether oxygens (including phenoxy) is 1. The number of fused-ring (bicyclic) bond motifs is 1. The molecule has 0 aliphatic heterocycles. The van der Waals surface area contributed by atoms with E-state index in [1.807, 2.05) is 18.2 Å². The molecule has 27 heavy (non-hydrogen) atoms. The Kier molecular flexibility index (Phi) is 5.59. The number of ketones is 1. The number of benzene rings is 2. The second-order valence-corrected chi connectivity index (χ2v) is 7.65. The van der Waals surface area contributed by atoms with Gasteiger partial charge in [0.1, 0.15) is 0 Å². The third kappa shape index (κ3) is 4.36. The van der Waals surface area contributed by atoms with Crippen molar-refractivity contribution in [3.63, 3.8) is 0 Å². The summed E-state index contributed by atoms with van der Waals surface area (Å²) in [5, 5.41) is 0. The van der Waals surface area contributed by atoms with Gasteiger partial charge in [0.25, 0.3) is 0 Å². The van der Waals surface area contributed by atoms with Gasteiger partial charge in [0.2, 0.25) is 0 Å². The Morgan fingerprint density at radius 1 is 1.07 bits per heavy atom. The lowest BCUT2D eigenvalue weighted by atomic mass is 9.72. The first-order valence-corrected chi connectivity index (χ1v) is 9.54. The largest absolute Gasteiger partial charge is 0.462 e. The molecule has 0 spiro atoms. The lowest BCUT2D eigenvalue weighted by molar-refractivity contribution is 0.0526. The molecule has 0 N–H and O–H groups in total. The number of rotatable bonds is 5. The van der Waals surface area contributed by atoms with Gasteiger partial charge in [-0.05, 0) is 72.6 Å². The van der Waals surface area contributed by atoms with E-state index in [0.717, 1.165) is 24.0 Å². The molecule has 0 radical (unpaired) electrons. The highest BCUT2D eigenvalue weighted by molar-refractivity contribution is 6.07. The number of carbonyl (C=O) groups excluding carboxylic acids is 2. The SMILES string of the molecule is CCOC(=O)c1ccc(/C=C/C(=O)c2ccc3c(c2)C(C)(C)CCC3)cc1. The Balaban J connectivity index is 1.75. The molecule has 0 atom stereocenters.